The first-order valence-corrected chi connectivity index (χ1v) is 11.8. The highest BCUT2D eigenvalue weighted by Gasteiger charge is 2.63. The van der Waals surface area contributed by atoms with Crippen molar-refractivity contribution in [2.75, 3.05) is 7.11 Å². The molecule has 0 bridgehead atoms. The third kappa shape index (κ3) is 3.20. The van der Waals surface area contributed by atoms with Crippen LogP contribution in [0.5, 0.6) is 0 Å². The standard InChI is InChI=1S/C25H38O4/c1-15(5-10-23(28)29-4)19-8-9-20-18-7-6-16-13-17(26)11-12-24(16,2)21(18)14-22(27)25(19,20)3/h15-16,18-21H,5-14H2,1-4H3/t15-,16+,18-,19-,20-,21-,24+,25+/m1/s1. The van der Waals surface area contributed by atoms with E-state index in [0.717, 1.165) is 38.5 Å². The molecule has 4 heteroatoms. The summed E-state index contributed by atoms with van der Waals surface area (Å²) in [6.45, 7) is 6.87. The fourth-order valence-corrected chi connectivity index (χ4v) is 8.34. The topological polar surface area (TPSA) is 60.4 Å². The summed E-state index contributed by atoms with van der Waals surface area (Å²) in [6, 6.07) is 0. The molecule has 0 aliphatic heterocycles. The molecule has 162 valence electrons. The van der Waals surface area contributed by atoms with Gasteiger partial charge in [0.05, 0.1) is 7.11 Å². The number of fused-ring (bicyclic) bond motifs is 5. The van der Waals surface area contributed by atoms with Gasteiger partial charge in [-0.05, 0) is 79.4 Å². The fourth-order valence-electron chi connectivity index (χ4n) is 8.34. The van der Waals surface area contributed by atoms with Gasteiger partial charge in [0.25, 0.3) is 0 Å². The Morgan fingerprint density at radius 3 is 2.59 bits per heavy atom. The quantitative estimate of drug-likeness (QED) is 0.622. The molecule has 4 aliphatic carbocycles. The molecule has 0 heterocycles. The monoisotopic (exact) mass is 402 g/mol. The summed E-state index contributed by atoms with van der Waals surface area (Å²) in [5.41, 5.74) is -0.0627. The number of methoxy groups -OCH3 is 1. The lowest BCUT2D eigenvalue weighted by Gasteiger charge is -2.59. The lowest BCUT2D eigenvalue weighted by Crippen LogP contribution is -2.57. The maximum atomic E-state index is 13.7. The van der Waals surface area contributed by atoms with Crippen LogP contribution in [0, 0.1) is 46.3 Å². The van der Waals surface area contributed by atoms with Gasteiger partial charge in [0.15, 0.2) is 0 Å². The lowest BCUT2D eigenvalue weighted by atomic mass is 9.44. The molecule has 0 aromatic heterocycles. The van der Waals surface area contributed by atoms with E-state index in [1.54, 1.807) is 0 Å². The highest BCUT2D eigenvalue weighted by atomic mass is 16.5. The van der Waals surface area contributed by atoms with Gasteiger partial charge in [0.1, 0.15) is 11.6 Å². The van der Waals surface area contributed by atoms with Crippen LogP contribution in [0.3, 0.4) is 0 Å². The van der Waals surface area contributed by atoms with Crippen molar-refractivity contribution >= 4 is 17.5 Å². The Morgan fingerprint density at radius 1 is 1.10 bits per heavy atom. The lowest BCUT2D eigenvalue weighted by molar-refractivity contribution is -0.159. The van der Waals surface area contributed by atoms with Gasteiger partial charge in [-0.3, -0.25) is 14.4 Å². The number of hydrogen-bond donors (Lipinski definition) is 0. The van der Waals surface area contributed by atoms with Gasteiger partial charge >= 0.3 is 5.97 Å². The largest absolute Gasteiger partial charge is 0.469 e. The smallest absolute Gasteiger partial charge is 0.305 e. The minimum atomic E-state index is -0.232. The first-order chi connectivity index (χ1) is 13.7. The third-order valence-corrected chi connectivity index (χ3v) is 10.1. The van der Waals surface area contributed by atoms with Crippen LogP contribution in [0.2, 0.25) is 0 Å². The van der Waals surface area contributed by atoms with E-state index in [4.69, 9.17) is 4.74 Å². The van der Waals surface area contributed by atoms with Crippen molar-refractivity contribution in [1.29, 1.82) is 0 Å². The summed E-state index contributed by atoms with van der Waals surface area (Å²) >= 11 is 0. The molecule has 0 spiro atoms. The molecular formula is C25H38O4. The Morgan fingerprint density at radius 2 is 1.86 bits per heavy atom. The van der Waals surface area contributed by atoms with Gasteiger partial charge in [0, 0.05) is 31.1 Å². The van der Waals surface area contributed by atoms with E-state index in [0.29, 0.717) is 66.3 Å². The summed E-state index contributed by atoms with van der Waals surface area (Å²) in [5.74, 6) is 3.55. The third-order valence-electron chi connectivity index (χ3n) is 10.1. The van der Waals surface area contributed by atoms with Crippen molar-refractivity contribution in [3.05, 3.63) is 0 Å². The van der Waals surface area contributed by atoms with Crippen molar-refractivity contribution in [2.45, 2.75) is 85.0 Å². The number of rotatable bonds is 4. The minimum absolute atomic E-state index is 0.148. The average molecular weight is 403 g/mol. The molecule has 8 atom stereocenters. The number of Topliss-reactive ketones (excluding diaryl/α,β-unsaturated/α-hetero) is 2. The van der Waals surface area contributed by atoms with E-state index in [-0.39, 0.29) is 16.8 Å². The Labute approximate surface area is 175 Å². The number of ether oxygens (including phenoxy) is 1. The molecule has 29 heavy (non-hydrogen) atoms. The Hall–Kier alpha value is -1.19. The van der Waals surface area contributed by atoms with E-state index < -0.39 is 0 Å². The molecule has 4 rings (SSSR count). The van der Waals surface area contributed by atoms with E-state index in [2.05, 4.69) is 20.8 Å². The van der Waals surface area contributed by atoms with E-state index >= 15 is 0 Å². The van der Waals surface area contributed by atoms with Crippen LogP contribution in [0.15, 0.2) is 0 Å². The number of carbonyl (C=O) groups excluding carboxylic acids is 3. The molecule has 0 unspecified atom stereocenters. The summed E-state index contributed by atoms with van der Waals surface area (Å²) in [5, 5.41) is 0. The van der Waals surface area contributed by atoms with E-state index in [1.165, 1.54) is 13.5 Å². The Bertz CT molecular complexity index is 699. The van der Waals surface area contributed by atoms with Crippen LogP contribution in [0.1, 0.15) is 85.0 Å². The zero-order valence-electron chi connectivity index (χ0n) is 18.7. The van der Waals surface area contributed by atoms with Crippen molar-refractivity contribution in [3.63, 3.8) is 0 Å². The first kappa shape index (κ1) is 21.1. The molecule has 4 nitrogen and oxygen atoms in total. The molecule has 0 aromatic rings. The average Bonchev–Trinajstić information content (AvgIpc) is 3.06. The van der Waals surface area contributed by atoms with Crippen LogP contribution >= 0.6 is 0 Å². The van der Waals surface area contributed by atoms with Crippen LogP contribution in [-0.2, 0) is 19.1 Å². The molecule has 0 radical (unpaired) electrons. The van der Waals surface area contributed by atoms with Crippen LogP contribution in [0.4, 0.5) is 0 Å². The molecule has 0 amide bonds. The van der Waals surface area contributed by atoms with Gasteiger partial charge in [-0.15, -0.1) is 0 Å². The molecule has 4 saturated carbocycles. The predicted octanol–water partition coefficient (Wildman–Crippen LogP) is 4.98. The van der Waals surface area contributed by atoms with Crippen molar-refractivity contribution in [3.8, 4) is 0 Å². The highest BCUT2D eigenvalue weighted by molar-refractivity contribution is 5.87. The van der Waals surface area contributed by atoms with Gasteiger partial charge in [-0.25, -0.2) is 0 Å². The number of esters is 1. The van der Waals surface area contributed by atoms with Gasteiger partial charge < -0.3 is 4.74 Å². The Balaban J connectivity index is 1.55. The van der Waals surface area contributed by atoms with Gasteiger partial charge in [0.2, 0.25) is 0 Å². The van der Waals surface area contributed by atoms with Crippen LogP contribution in [0.25, 0.3) is 0 Å². The molecular weight excluding hydrogens is 364 g/mol. The maximum Gasteiger partial charge on any atom is 0.305 e. The van der Waals surface area contributed by atoms with Crippen molar-refractivity contribution in [1.82, 2.24) is 0 Å². The zero-order valence-corrected chi connectivity index (χ0v) is 18.7. The number of hydrogen-bond acceptors (Lipinski definition) is 4. The second kappa shape index (κ2) is 7.50. The Kier molecular flexibility index (Phi) is 5.44. The molecule has 4 fully saturated rings. The van der Waals surface area contributed by atoms with Crippen molar-refractivity contribution < 1.29 is 19.1 Å². The van der Waals surface area contributed by atoms with E-state index in [1.807, 2.05) is 0 Å². The first-order valence-electron chi connectivity index (χ1n) is 11.8. The summed E-state index contributed by atoms with van der Waals surface area (Å²) in [4.78, 5) is 37.4. The number of ketones is 2. The molecule has 0 saturated heterocycles. The van der Waals surface area contributed by atoms with Gasteiger partial charge in [-0.2, -0.15) is 0 Å². The second-order valence-electron chi connectivity index (χ2n) is 11.1. The van der Waals surface area contributed by atoms with Crippen molar-refractivity contribution in [2.24, 2.45) is 46.3 Å². The maximum absolute atomic E-state index is 13.7. The molecule has 0 aromatic carbocycles. The fraction of sp³-hybridized carbons (Fsp3) is 0.880. The summed E-state index contributed by atoms with van der Waals surface area (Å²) in [6.07, 6.45) is 9.00. The highest BCUT2D eigenvalue weighted by Crippen LogP contribution is 2.67. The summed E-state index contributed by atoms with van der Waals surface area (Å²) in [7, 11) is 1.44. The van der Waals surface area contributed by atoms with Crippen LogP contribution in [-0.4, -0.2) is 24.6 Å². The van der Waals surface area contributed by atoms with E-state index in [9.17, 15) is 14.4 Å². The van der Waals surface area contributed by atoms with Gasteiger partial charge in [-0.1, -0.05) is 20.8 Å². The molecule has 4 aliphatic rings. The zero-order chi connectivity index (χ0) is 21.0. The SMILES string of the molecule is COC(=O)CC[C@@H](C)[C@H]1CC[C@@H]2[C@H]3CC[C@H]4CC(=O)CC[C@]4(C)[C@@H]3CC(=O)[C@]21C. The summed E-state index contributed by atoms with van der Waals surface area (Å²) < 4.78 is 4.83. The normalized spacial score (nSPS) is 45.2. The minimum Gasteiger partial charge on any atom is -0.469 e. The molecule has 0 N–H and O–H groups in total. The number of carbonyl (C=O) groups is 3. The van der Waals surface area contributed by atoms with Crippen LogP contribution < -0.4 is 0 Å². The second-order valence-corrected chi connectivity index (χ2v) is 11.1. The predicted molar refractivity (Wildman–Crippen MR) is 111 cm³/mol.